The predicted octanol–water partition coefficient (Wildman–Crippen LogP) is 3.23. The number of pyridine rings is 1. The van der Waals surface area contributed by atoms with Gasteiger partial charge in [0.1, 0.15) is 0 Å². The maximum atomic E-state index is 4.42. The van der Waals surface area contributed by atoms with E-state index in [2.05, 4.69) is 28.2 Å². The van der Waals surface area contributed by atoms with Gasteiger partial charge in [-0.25, -0.2) is 0 Å². The Morgan fingerprint density at radius 3 is 2.60 bits per heavy atom. The Kier molecular flexibility index (Phi) is 1.78. The van der Waals surface area contributed by atoms with Crippen LogP contribution in [-0.2, 0) is 0 Å². The van der Waals surface area contributed by atoms with E-state index in [9.17, 15) is 0 Å². The van der Waals surface area contributed by atoms with Crippen molar-refractivity contribution in [2.75, 3.05) is 0 Å². The van der Waals surface area contributed by atoms with Crippen LogP contribution in [0.1, 0.15) is 0 Å². The van der Waals surface area contributed by atoms with E-state index in [1.165, 1.54) is 10.8 Å². The second-order valence-electron chi connectivity index (χ2n) is 3.50. The molecule has 2 heterocycles. The maximum absolute atomic E-state index is 4.42. The van der Waals surface area contributed by atoms with Crippen molar-refractivity contribution < 1.29 is 0 Å². The molecule has 2 nitrogen and oxygen atoms in total. The highest BCUT2D eigenvalue weighted by molar-refractivity contribution is 5.84. The zero-order chi connectivity index (χ0) is 10.1. The van der Waals surface area contributed by atoms with Gasteiger partial charge >= 0.3 is 0 Å². The Morgan fingerprint density at radius 2 is 1.80 bits per heavy atom. The van der Waals surface area contributed by atoms with Gasteiger partial charge in [0, 0.05) is 17.8 Å². The molecular weight excluding hydrogens is 184 g/mol. The smallest absolute Gasteiger partial charge is 0.0870 e. The third-order valence-electron chi connectivity index (χ3n) is 2.50. The van der Waals surface area contributed by atoms with Crippen LogP contribution in [0, 0.1) is 0 Å². The minimum Gasteiger partial charge on any atom is -0.360 e. The van der Waals surface area contributed by atoms with Crippen molar-refractivity contribution in [2.45, 2.75) is 0 Å². The maximum Gasteiger partial charge on any atom is 0.0870 e. The molecule has 1 N–H and O–H groups in total. The van der Waals surface area contributed by atoms with Crippen LogP contribution in [0.4, 0.5) is 0 Å². The van der Waals surface area contributed by atoms with Crippen molar-refractivity contribution in [1.82, 2.24) is 9.97 Å². The summed E-state index contributed by atoms with van der Waals surface area (Å²) < 4.78 is 0. The standard InChI is InChI=1S/C13H10N2/c1-2-5-11-9-15-13(8-10(11)4-1)12-6-3-7-14-12/h1-9,14H. The van der Waals surface area contributed by atoms with Crippen LogP contribution in [0.5, 0.6) is 0 Å². The summed E-state index contributed by atoms with van der Waals surface area (Å²) in [5.41, 5.74) is 2.04. The third-order valence-corrected chi connectivity index (χ3v) is 2.50. The van der Waals surface area contributed by atoms with Gasteiger partial charge in [0.2, 0.25) is 0 Å². The van der Waals surface area contributed by atoms with Gasteiger partial charge in [-0.05, 0) is 23.6 Å². The van der Waals surface area contributed by atoms with Gasteiger partial charge in [-0.1, -0.05) is 24.3 Å². The van der Waals surface area contributed by atoms with Gasteiger partial charge in [0.25, 0.3) is 0 Å². The molecule has 3 rings (SSSR count). The number of hydrogen-bond donors (Lipinski definition) is 1. The topological polar surface area (TPSA) is 28.7 Å². The van der Waals surface area contributed by atoms with E-state index in [1.807, 2.05) is 36.7 Å². The summed E-state index contributed by atoms with van der Waals surface area (Å²) in [7, 11) is 0. The molecule has 2 aromatic heterocycles. The lowest BCUT2D eigenvalue weighted by atomic mass is 10.1. The van der Waals surface area contributed by atoms with Crippen LogP contribution in [-0.4, -0.2) is 9.97 Å². The molecule has 3 aromatic rings. The molecule has 0 atom stereocenters. The summed E-state index contributed by atoms with van der Waals surface area (Å²) in [5.74, 6) is 0. The molecule has 2 heteroatoms. The quantitative estimate of drug-likeness (QED) is 0.633. The van der Waals surface area contributed by atoms with E-state index in [-0.39, 0.29) is 0 Å². The summed E-state index contributed by atoms with van der Waals surface area (Å²) >= 11 is 0. The van der Waals surface area contributed by atoms with E-state index in [0.717, 1.165) is 11.4 Å². The number of nitrogens with one attached hydrogen (secondary N) is 1. The Hall–Kier alpha value is -2.09. The van der Waals surface area contributed by atoms with Crippen LogP contribution in [0.25, 0.3) is 22.2 Å². The second kappa shape index (κ2) is 3.24. The SMILES string of the molecule is c1c[nH]c(-c2cc3ccccc3cn2)c1. The lowest BCUT2D eigenvalue weighted by molar-refractivity contribution is 1.30. The van der Waals surface area contributed by atoms with Crippen molar-refractivity contribution in [2.24, 2.45) is 0 Å². The predicted molar refractivity (Wildman–Crippen MR) is 61.5 cm³/mol. The first-order chi connectivity index (χ1) is 7.43. The highest BCUT2D eigenvalue weighted by Crippen LogP contribution is 2.19. The largest absolute Gasteiger partial charge is 0.360 e. The number of nitrogens with zero attached hydrogens (tertiary/aromatic N) is 1. The Labute approximate surface area is 87.6 Å². The zero-order valence-corrected chi connectivity index (χ0v) is 8.14. The zero-order valence-electron chi connectivity index (χ0n) is 8.14. The van der Waals surface area contributed by atoms with Gasteiger partial charge in [-0.15, -0.1) is 0 Å². The molecule has 72 valence electrons. The number of aromatic nitrogens is 2. The first-order valence-electron chi connectivity index (χ1n) is 4.92. The highest BCUT2D eigenvalue weighted by Gasteiger charge is 2.00. The second-order valence-corrected chi connectivity index (χ2v) is 3.50. The molecule has 0 aliphatic rings. The van der Waals surface area contributed by atoms with Gasteiger partial charge in [-0.2, -0.15) is 0 Å². The third kappa shape index (κ3) is 1.40. The van der Waals surface area contributed by atoms with Crippen LogP contribution in [0.3, 0.4) is 0 Å². The molecule has 0 aliphatic heterocycles. The van der Waals surface area contributed by atoms with Gasteiger partial charge in [-0.3, -0.25) is 4.98 Å². The highest BCUT2D eigenvalue weighted by atomic mass is 14.8. The molecule has 15 heavy (non-hydrogen) atoms. The molecule has 1 aromatic carbocycles. The average Bonchev–Trinajstić information content (AvgIpc) is 2.82. The van der Waals surface area contributed by atoms with Crippen LogP contribution >= 0.6 is 0 Å². The van der Waals surface area contributed by atoms with E-state index >= 15 is 0 Å². The Morgan fingerprint density at radius 1 is 0.933 bits per heavy atom. The summed E-state index contributed by atoms with van der Waals surface area (Å²) in [4.78, 5) is 7.57. The number of benzene rings is 1. The van der Waals surface area contributed by atoms with Crippen molar-refractivity contribution >= 4 is 10.8 Å². The molecule has 0 aliphatic carbocycles. The molecule has 0 unspecified atom stereocenters. The monoisotopic (exact) mass is 194 g/mol. The van der Waals surface area contributed by atoms with Crippen molar-refractivity contribution in [3.05, 3.63) is 54.9 Å². The van der Waals surface area contributed by atoms with E-state index < -0.39 is 0 Å². The Balaban J connectivity index is 2.22. The number of aromatic amines is 1. The fourth-order valence-electron chi connectivity index (χ4n) is 1.72. The number of fused-ring (bicyclic) bond motifs is 1. The van der Waals surface area contributed by atoms with E-state index in [0.29, 0.717) is 0 Å². The molecule has 0 bridgehead atoms. The summed E-state index contributed by atoms with van der Waals surface area (Å²) in [5, 5.41) is 2.39. The minimum atomic E-state index is 0.985. The number of H-pyrrole nitrogens is 1. The van der Waals surface area contributed by atoms with Crippen LogP contribution in [0.15, 0.2) is 54.9 Å². The van der Waals surface area contributed by atoms with Gasteiger partial charge < -0.3 is 4.98 Å². The van der Waals surface area contributed by atoms with Crippen molar-refractivity contribution in [3.63, 3.8) is 0 Å². The molecule has 0 saturated carbocycles. The fourth-order valence-corrected chi connectivity index (χ4v) is 1.72. The summed E-state index contributed by atoms with van der Waals surface area (Å²) in [6, 6.07) is 14.3. The molecule has 0 spiro atoms. The normalized spacial score (nSPS) is 10.7. The molecule has 0 fully saturated rings. The number of hydrogen-bond acceptors (Lipinski definition) is 1. The van der Waals surface area contributed by atoms with Crippen LogP contribution in [0.2, 0.25) is 0 Å². The average molecular weight is 194 g/mol. The van der Waals surface area contributed by atoms with Crippen LogP contribution < -0.4 is 0 Å². The van der Waals surface area contributed by atoms with E-state index in [4.69, 9.17) is 0 Å². The lowest BCUT2D eigenvalue weighted by Crippen LogP contribution is -1.83. The van der Waals surface area contributed by atoms with Gasteiger partial charge in [0.05, 0.1) is 11.4 Å². The van der Waals surface area contributed by atoms with E-state index in [1.54, 1.807) is 0 Å². The molecule has 0 saturated heterocycles. The summed E-state index contributed by atoms with van der Waals surface area (Å²) in [6.07, 6.45) is 3.82. The lowest BCUT2D eigenvalue weighted by Gasteiger charge is -2.00. The molecule has 0 amide bonds. The first-order valence-corrected chi connectivity index (χ1v) is 4.92. The summed E-state index contributed by atoms with van der Waals surface area (Å²) in [6.45, 7) is 0. The van der Waals surface area contributed by atoms with Crippen molar-refractivity contribution in [1.29, 1.82) is 0 Å². The Bertz CT molecular complexity index is 582. The number of rotatable bonds is 1. The van der Waals surface area contributed by atoms with Crippen molar-refractivity contribution in [3.8, 4) is 11.4 Å². The fraction of sp³-hybridized carbons (Fsp3) is 0. The molecule has 0 radical (unpaired) electrons. The molecular formula is C13H10N2. The first kappa shape index (κ1) is 8.24. The van der Waals surface area contributed by atoms with Gasteiger partial charge in [0.15, 0.2) is 0 Å². The minimum absolute atomic E-state index is 0.985.